The lowest BCUT2D eigenvalue weighted by Gasteiger charge is -2.08. The molecule has 0 aliphatic carbocycles. The van der Waals surface area contributed by atoms with E-state index in [1.807, 2.05) is 0 Å². The van der Waals surface area contributed by atoms with Crippen LogP contribution in [0.3, 0.4) is 0 Å². The van der Waals surface area contributed by atoms with Crippen molar-refractivity contribution in [3.8, 4) is 0 Å². The van der Waals surface area contributed by atoms with Crippen LogP contribution >= 0.6 is 11.6 Å². The van der Waals surface area contributed by atoms with E-state index in [-0.39, 0.29) is 5.02 Å². The van der Waals surface area contributed by atoms with E-state index in [9.17, 15) is 18.0 Å². The third-order valence-electron chi connectivity index (χ3n) is 1.71. The minimum absolute atomic E-state index is 0.299. The van der Waals surface area contributed by atoms with E-state index in [0.717, 1.165) is 19.1 Å². The molecule has 0 aromatic heterocycles. The van der Waals surface area contributed by atoms with Crippen LogP contribution < -0.4 is 0 Å². The van der Waals surface area contributed by atoms with E-state index in [1.54, 1.807) is 0 Å². The van der Waals surface area contributed by atoms with Crippen LogP contribution in [0.15, 0.2) is 12.1 Å². The third-order valence-corrected chi connectivity index (χ3v) is 2.04. The van der Waals surface area contributed by atoms with Gasteiger partial charge in [0.05, 0.1) is 16.1 Å². The van der Waals surface area contributed by atoms with E-state index >= 15 is 0 Å². The molecule has 0 spiro atoms. The number of hydrogen-bond acceptors (Lipinski definition) is 1. The number of carbonyl (C=O) groups is 1. The van der Waals surface area contributed by atoms with E-state index in [0.29, 0.717) is 0 Å². The molecule has 0 radical (unpaired) electrons. The molecule has 0 saturated heterocycles. The first-order valence-electron chi connectivity index (χ1n) is 3.72. The Kier molecular flexibility index (Phi) is 3.16. The molecule has 0 fully saturated rings. The molecule has 0 bridgehead atoms. The van der Waals surface area contributed by atoms with Gasteiger partial charge in [-0.3, -0.25) is 4.79 Å². The van der Waals surface area contributed by atoms with Crippen LogP contribution in [0.5, 0.6) is 0 Å². The van der Waals surface area contributed by atoms with Gasteiger partial charge in [0, 0.05) is 0 Å². The molecule has 0 unspecified atom stereocenters. The summed E-state index contributed by atoms with van der Waals surface area (Å²) in [5.41, 5.74) is -1.37. The number of rotatable bonds is 2. The zero-order valence-electron chi connectivity index (χ0n) is 7.15. The predicted molar refractivity (Wildman–Crippen MR) is 46.4 cm³/mol. The maximum atomic E-state index is 13.0. The van der Waals surface area contributed by atoms with Crippen LogP contribution in [-0.4, -0.2) is 5.78 Å². The maximum absolute atomic E-state index is 13.0. The largest absolute Gasteiger partial charge is 0.294 e. The molecule has 5 heteroatoms. The molecule has 1 aromatic rings. The van der Waals surface area contributed by atoms with Crippen LogP contribution in [0.2, 0.25) is 5.02 Å². The number of ketones is 1. The van der Waals surface area contributed by atoms with Crippen molar-refractivity contribution in [1.82, 2.24) is 0 Å². The molecule has 14 heavy (non-hydrogen) atoms. The Morgan fingerprint density at radius 3 is 2.36 bits per heavy atom. The predicted octanol–water partition coefficient (Wildman–Crippen LogP) is 3.62. The molecule has 1 aromatic carbocycles. The number of benzene rings is 1. The van der Waals surface area contributed by atoms with Crippen LogP contribution in [0, 0.1) is 5.82 Å². The Morgan fingerprint density at radius 2 is 2.00 bits per heavy atom. The van der Waals surface area contributed by atoms with Gasteiger partial charge in [-0.25, -0.2) is 13.2 Å². The summed E-state index contributed by atoms with van der Waals surface area (Å²) < 4.78 is 37.9. The lowest BCUT2D eigenvalue weighted by molar-refractivity contribution is 0.0994. The monoisotopic (exact) mass is 222 g/mol. The fourth-order valence-corrected chi connectivity index (χ4v) is 1.38. The molecule has 0 atom stereocenters. The number of alkyl halides is 2. The van der Waals surface area contributed by atoms with E-state index in [2.05, 4.69) is 0 Å². The van der Waals surface area contributed by atoms with Gasteiger partial charge < -0.3 is 0 Å². The molecule has 0 N–H and O–H groups in total. The Bertz CT molecular complexity index is 377. The Hall–Kier alpha value is -1.03. The first-order valence-corrected chi connectivity index (χ1v) is 4.10. The summed E-state index contributed by atoms with van der Waals surface area (Å²) in [5.74, 6) is -1.74. The summed E-state index contributed by atoms with van der Waals surface area (Å²) in [6, 6.07) is 1.90. The SMILES string of the molecule is CC(=O)c1c(F)ccc(Cl)c1C(F)F. The zero-order valence-corrected chi connectivity index (χ0v) is 7.91. The normalized spacial score (nSPS) is 10.7. The molecule has 76 valence electrons. The van der Waals surface area contributed by atoms with Gasteiger partial charge in [0.2, 0.25) is 0 Å². The maximum Gasteiger partial charge on any atom is 0.266 e. The van der Waals surface area contributed by atoms with Crippen molar-refractivity contribution in [3.05, 3.63) is 34.1 Å². The molecule has 0 aliphatic rings. The van der Waals surface area contributed by atoms with Gasteiger partial charge in [-0.05, 0) is 19.1 Å². The molecular weight excluding hydrogens is 217 g/mol. The number of Topliss-reactive ketones (excluding diaryl/α,β-unsaturated/α-hetero) is 1. The van der Waals surface area contributed by atoms with Crippen molar-refractivity contribution in [3.63, 3.8) is 0 Å². The highest BCUT2D eigenvalue weighted by Gasteiger charge is 2.22. The molecule has 0 heterocycles. The smallest absolute Gasteiger partial charge is 0.266 e. The molecular formula is C9H6ClF3O. The topological polar surface area (TPSA) is 17.1 Å². The average Bonchev–Trinajstić information content (AvgIpc) is 2.07. The second kappa shape index (κ2) is 4.00. The minimum Gasteiger partial charge on any atom is -0.294 e. The van der Waals surface area contributed by atoms with Crippen LogP contribution in [-0.2, 0) is 0 Å². The molecule has 0 amide bonds. The average molecular weight is 223 g/mol. The fourth-order valence-electron chi connectivity index (χ4n) is 1.14. The zero-order chi connectivity index (χ0) is 10.9. The summed E-state index contributed by atoms with van der Waals surface area (Å²) >= 11 is 5.44. The third kappa shape index (κ3) is 1.90. The standard InChI is InChI=1S/C9H6ClF3O/c1-4(14)7-6(11)3-2-5(10)8(7)9(12)13/h2-3,9H,1H3. The molecule has 0 saturated carbocycles. The van der Waals surface area contributed by atoms with E-state index in [4.69, 9.17) is 11.6 Å². The Balaban J connectivity index is 3.50. The van der Waals surface area contributed by atoms with E-state index < -0.39 is 29.2 Å². The Labute approximate surface area is 83.5 Å². The highest BCUT2D eigenvalue weighted by molar-refractivity contribution is 6.32. The van der Waals surface area contributed by atoms with Gasteiger partial charge in [-0.2, -0.15) is 0 Å². The van der Waals surface area contributed by atoms with Crippen LogP contribution in [0.1, 0.15) is 29.3 Å². The summed E-state index contributed by atoms with van der Waals surface area (Å²) in [6.07, 6.45) is -2.96. The second-order valence-corrected chi connectivity index (χ2v) is 3.08. The van der Waals surface area contributed by atoms with Crippen molar-refractivity contribution < 1.29 is 18.0 Å². The van der Waals surface area contributed by atoms with Gasteiger partial charge in [-0.1, -0.05) is 11.6 Å². The fraction of sp³-hybridized carbons (Fsp3) is 0.222. The van der Waals surface area contributed by atoms with Crippen molar-refractivity contribution >= 4 is 17.4 Å². The lowest BCUT2D eigenvalue weighted by Crippen LogP contribution is -2.04. The number of hydrogen-bond donors (Lipinski definition) is 0. The first-order chi connectivity index (χ1) is 6.45. The number of halogens is 4. The highest BCUT2D eigenvalue weighted by atomic mass is 35.5. The lowest BCUT2D eigenvalue weighted by atomic mass is 10.0. The highest BCUT2D eigenvalue weighted by Crippen LogP contribution is 2.32. The minimum atomic E-state index is -2.96. The van der Waals surface area contributed by atoms with E-state index in [1.165, 1.54) is 0 Å². The van der Waals surface area contributed by atoms with Crippen LogP contribution in [0.4, 0.5) is 13.2 Å². The summed E-state index contributed by atoms with van der Waals surface area (Å²) in [4.78, 5) is 10.9. The van der Waals surface area contributed by atoms with Gasteiger partial charge in [-0.15, -0.1) is 0 Å². The van der Waals surface area contributed by atoms with Crippen molar-refractivity contribution in [2.45, 2.75) is 13.3 Å². The molecule has 0 aliphatic heterocycles. The second-order valence-electron chi connectivity index (χ2n) is 2.67. The summed E-state index contributed by atoms with van der Waals surface area (Å²) in [5, 5.41) is -0.299. The van der Waals surface area contributed by atoms with Crippen molar-refractivity contribution in [2.24, 2.45) is 0 Å². The van der Waals surface area contributed by atoms with Gasteiger partial charge in [0.1, 0.15) is 5.82 Å². The summed E-state index contributed by atoms with van der Waals surface area (Å²) in [7, 11) is 0. The first kappa shape index (κ1) is 11.0. The molecule has 1 rings (SSSR count). The van der Waals surface area contributed by atoms with Crippen molar-refractivity contribution in [2.75, 3.05) is 0 Å². The van der Waals surface area contributed by atoms with Gasteiger partial charge >= 0.3 is 0 Å². The quantitative estimate of drug-likeness (QED) is 0.699. The number of carbonyl (C=O) groups excluding carboxylic acids is 1. The van der Waals surface area contributed by atoms with Crippen molar-refractivity contribution in [1.29, 1.82) is 0 Å². The Morgan fingerprint density at radius 1 is 1.43 bits per heavy atom. The van der Waals surface area contributed by atoms with Gasteiger partial charge in [0.25, 0.3) is 6.43 Å². The summed E-state index contributed by atoms with van der Waals surface area (Å²) in [6.45, 7) is 1.01. The van der Waals surface area contributed by atoms with Gasteiger partial charge in [0.15, 0.2) is 5.78 Å². The molecule has 1 nitrogen and oxygen atoms in total. The van der Waals surface area contributed by atoms with Crippen LogP contribution in [0.25, 0.3) is 0 Å².